The van der Waals surface area contributed by atoms with Crippen LogP contribution in [0, 0.1) is 0 Å². The molecule has 0 heterocycles. The van der Waals surface area contributed by atoms with E-state index in [4.69, 9.17) is 18.9 Å². The van der Waals surface area contributed by atoms with Crippen LogP contribution in [-0.2, 0) is 14.3 Å². The maximum absolute atomic E-state index is 12.4. The van der Waals surface area contributed by atoms with Gasteiger partial charge < -0.3 is 24.3 Å². The van der Waals surface area contributed by atoms with Gasteiger partial charge in [-0.3, -0.25) is 4.79 Å². The molecule has 8 nitrogen and oxygen atoms in total. The summed E-state index contributed by atoms with van der Waals surface area (Å²) >= 11 is 0. The Morgan fingerprint density at radius 2 is 1.65 bits per heavy atom. The first-order valence-corrected chi connectivity index (χ1v) is 9.64. The summed E-state index contributed by atoms with van der Waals surface area (Å²) in [6, 6.07) is 12.5. The van der Waals surface area contributed by atoms with E-state index < -0.39 is 29.7 Å². The number of esters is 2. The van der Waals surface area contributed by atoms with E-state index in [2.05, 4.69) is 5.32 Å². The van der Waals surface area contributed by atoms with E-state index in [1.54, 1.807) is 63.2 Å². The van der Waals surface area contributed by atoms with Crippen molar-refractivity contribution < 1.29 is 33.3 Å². The maximum Gasteiger partial charge on any atom is 0.408 e. The minimum Gasteiger partial charge on any atom is -0.493 e. The third-order valence-electron chi connectivity index (χ3n) is 4.09. The lowest BCUT2D eigenvalue weighted by Gasteiger charge is -2.24. The molecular weight excluding hydrogens is 402 g/mol. The van der Waals surface area contributed by atoms with Crippen molar-refractivity contribution in [2.45, 2.75) is 38.8 Å². The Morgan fingerprint density at radius 3 is 2.23 bits per heavy atom. The molecule has 0 fully saturated rings. The van der Waals surface area contributed by atoms with Crippen LogP contribution in [0.25, 0.3) is 0 Å². The molecule has 0 radical (unpaired) electrons. The van der Waals surface area contributed by atoms with E-state index in [-0.39, 0.29) is 17.9 Å². The number of carbonyl (C=O) groups is 3. The minimum atomic E-state index is -0.741. The molecule has 0 aliphatic carbocycles. The van der Waals surface area contributed by atoms with Crippen molar-refractivity contribution in [1.29, 1.82) is 0 Å². The normalized spacial score (nSPS) is 11.8. The molecule has 166 valence electrons. The number of carbonyl (C=O) groups excluding carboxylic acids is 3. The fraction of sp³-hybridized carbons (Fsp3) is 0.348. The molecule has 31 heavy (non-hydrogen) atoms. The van der Waals surface area contributed by atoms with E-state index in [9.17, 15) is 14.4 Å². The molecule has 0 aliphatic rings. The van der Waals surface area contributed by atoms with Crippen molar-refractivity contribution >= 4 is 18.0 Å². The predicted molar refractivity (Wildman–Crippen MR) is 113 cm³/mol. The van der Waals surface area contributed by atoms with Crippen molar-refractivity contribution in [3.8, 4) is 11.5 Å². The van der Waals surface area contributed by atoms with Gasteiger partial charge in [0.25, 0.3) is 0 Å². The molecule has 1 N–H and O–H groups in total. The molecule has 1 atom stereocenters. The molecule has 8 heteroatoms. The summed E-state index contributed by atoms with van der Waals surface area (Å²) in [4.78, 5) is 36.5. The molecule has 0 saturated carbocycles. The molecule has 0 aliphatic heterocycles. The van der Waals surface area contributed by atoms with Gasteiger partial charge in [0.1, 0.15) is 5.60 Å². The second-order valence-electron chi connectivity index (χ2n) is 7.64. The Hall–Kier alpha value is -3.55. The summed E-state index contributed by atoms with van der Waals surface area (Å²) in [5, 5.41) is 2.67. The summed E-state index contributed by atoms with van der Waals surface area (Å²) in [5.74, 6) is -0.582. The first-order chi connectivity index (χ1) is 14.6. The maximum atomic E-state index is 12.4. The zero-order valence-electron chi connectivity index (χ0n) is 18.3. The molecule has 0 aromatic heterocycles. The van der Waals surface area contributed by atoms with Gasteiger partial charge in [-0.1, -0.05) is 24.3 Å². The summed E-state index contributed by atoms with van der Waals surface area (Å²) in [5.41, 5.74) is 0.240. The summed E-state index contributed by atoms with van der Waals surface area (Å²) in [7, 11) is 2.69. The Bertz CT molecular complexity index is 919. The molecule has 0 spiro atoms. The summed E-state index contributed by atoms with van der Waals surface area (Å²) < 4.78 is 20.8. The summed E-state index contributed by atoms with van der Waals surface area (Å²) in [6.45, 7) is 5.21. The fourth-order valence-corrected chi connectivity index (χ4v) is 2.67. The zero-order chi connectivity index (χ0) is 23.0. The number of hydrogen-bond donors (Lipinski definition) is 1. The van der Waals surface area contributed by atoms with Crippen LogP contribution < -0.4 is 14.8 Å². The van der Waals surface area contributed by atoms with Gasteiger partial charge in [-0.25, -0.2) is 9.59 Å². The molecule has 2 rings (SSSR count). The van der Waals surface area contributed by atoms with Crippen LogP contribution in [0.4, 0.5) is 4.79 Å². The average molecular weight is 429 g/mol. The van der Waals surface area contributed by atoms with Gasteiger partial charge in [0, 0.05) is 0 Å². The van der Waals surface area contributed by atoms with Gasteiger partial charge in [-0.2, -0.15) is 0 Å². The number of nitrogens with one attached hydrogen (secondary N) is 1. The van der Waals surface area contributed by atoms with Crippen molar-refractivity contribution in [3.05, 3.63) is 59.7 Å². The average Bonchev–Trinajstić information content (AvgIpc) is 2.72. The number of methoxy groups -OCH3 is 2. The van der Waals surface area contributed by atoms with Crippen LogP contribution in [0.3, 0.4) is 0 Å². The van der Waals surface area contributed by atoms with Gasteiger partial charge >= 0.3 is 18.0 Å². The quantitative estimate of drug-likeness (QED) is 0.524. The van der Waals surface area contributed by atoms with Crippen LogP contribution in [0.2, 0.25) is 0 Å². The van der Waals surface area contributed by atoms with E-state index in [0.717, 1.165) is 0 Å². The number of benzene rings is 2. The number of ether oxygens (including phenoxy) is 4. The number of rotatable bonds is 7. The Balaban J connectivity index is 2.26. The SMILES string of the molecule is COC(=O)CC(NC(=O)OC(C)(C)C)c1ccc(OC(=O)c2ccccc2)c(OC)c1. The van der Waals surface area contributed by atoms with Crippen molar-refractivity contribution in [1.82, 2.24) is 5.32 Å². The van der Waals surface area contributed by atoms with Crippen LogP contribution in [0.1, 0.15) is 49.2 Å². The number of amides is 1. The molecule has 2 aromatic rings. The zero-order valence-corrected chi connectivity index (χ0v) is 18.3. The first-order valence-electron chi connectivity index (χ1n) is 9.64. The van der Waals surface area contributed by atoms with Crippen molar-refractivity contribution in [2.75, 3.05) is 14.2 Å². The second kappa shape index (κ2) is 10.5. The molecule has 1 unspecified atom stereocenters. The van der Waals surface area contributed by atoms with Crippen LogP contribution in [0.15, 0.2) is 48.5 Å². The highest BCUT2D eigenvalue weighted by Gasteiger charge is 2.24. The van der Waals surface area contributed by atoms with Gasteiger partial charge in [0.2, 0.25) is 0 Å². The van der Waals surface area contributed by atoms with E-state index >= 15 is 0 Å². The standard InChI is InChI=1S/C23H27NO7/c1-23(2,3)31-22(27)24-17(14-20(25)29-5)16-11-12-18(19(13-16)28-4)30-21(26)15-9-7-6-8-10-15/h6-13,17H,14H2,1-5H3,(H,24,27). The first kappa shape index (κ1) is 23.7. The minimum absolute atomic E-state index is 0.123. The number of hydrogen-bond acceptors (Lipinski definition) is 7. The molecular formula is C23H27NO7. The van der Waals surface area contributed by atoms with Gasteiger partial charge in [-0.15, -0.1) is 0 Å². The lowest BCUT2D eigenvalue weighted by molar-refractivity contribution is -0.141. The van der Waals surface area contributed by atoms with Crippen LogP contribution >= 0.6 is 0 Å². The van der Waals surface area contributed by atoms with Crippen LogP contribution in [0.5, 0.6) is 11.5 Å². The van der Waals surface area contributed by atoms with E-state index in [1.807, 2.05) is 0 Å². The monoisotopic (exact) mass is 429 g/mol. The highest BCUT2D eigenvalue weighted by atomic mass is 16.6. The topological polar surface area (TPSA) is 100 Å². The third-order valence-corrected chi connectivity index (χ3v) is 4.09. The van der Waals surface area contributed by atoms with E-state index in [1.165, 1.54) is 20.3 Å². The highest BCUT2D eigenvalue weighted by molar-refractivity contribution is 5.91. The largest absolute Gasteiger partial charge is 0.493 e. The molecule has 0 bridgehead atoms. The predicted octanol–water partition coefficient (Wildman–Crippen LogP) is 4.04. The highest BCUT2D eigenvalue weighted by Crippen LogP contribution is 2.32. The third kappa shape index (κ3) is 7.33. The van der Waals surface area contributed by atoms with Gasteiger partial charge in [0.05, 0.1) is 32.2 Å². The van der Waals surface area contributed by atoms with Crippen LogP contribution in [-0.4, -0.2) is 37.9 Å². The van der Waals surface area contributed by atoms with Gasteiger partial charge in [0.15, 0.2) is 11.5 Å². The second-order valence-corrected chi connectivity index (χ2v) is 7.64. The Kier molecular flexibility index (Phi) is 8.01. The summed E-state index contributed by atoms with van der Waals surface area (Å²) in [6.07, 6.45) is -0.804. The molecule has 2 aromatic carbocycles. The smallest absolute Gasteiger partial charge is 0.408 e. The van der Waals surface area contributed by atoms with Crippen molar-refractivity contribution in [3.63, 3.8) is 0 Å². The number of alkyl carbamates (subject to hydrolysis) is 1. The lowest BCUT2D eigenvalue weighted by Crippen LogP contribution is -2.36. The van der Waals surface area contributed by atoms with Gasteiger partial charge in [-0.05, 0) is 50.6 Å². The van der Waals surface area contributed by atoms with E-state index in [0.29, 0.717) is 11.1 Å². The molecule has 1 amide bonds. The van der Waals surface area contributed by atoms with Crippen molar-refractivity contribution in [2.24, 2.45) is 0 Å². The fourth-order valence-electron chi connectivity index (χ4n) is 2.67. The Morgan fingerprint density at radius 1 is 0.968 bits per heavy atom. The Labute approximate surface area is 181 Å². The lowest BCUT2D eigenvalue weighted by atomic mass is 10.0. The molecule has 0 saturated heterocycles.